The fraction of sp³-hybridized carbons (Fsp3) is 0.923. The Morgan fingerprint density at radius 2 is 2.26 bits per heavy atom. The number of nitrogens with one attached hydrogen (secondary N) is 2. The highest BCUT2D eigenvalue weighted by Gasteiger charge is 2.49. The summed E-state index contributed by atoms with van der Waals surface area (Å²) in [6.07, 6.45) is 1.80. The molecule has 112 valence electrons. The van der Waals surface area contributed by atoms with Crippen molar-refractivity contribution in [1.82, 2.24) is 10.6 Å². The molecule has 1 aliphatic carbocycles. The predicted molar refractivity (Wildman–Crippen MR) is 82.1 cm³/mol. The van der Waals surface area contributed by atoms with Gasteiger partial charge in [-0.1, -0.05) is 13.8 Å². The first kappa shape index (κ1) is 17.1. The van der Waals surface area contributed by atoms with Crippen LogP contribution in [0, 0.1) is 5.41 Å². The van der Waals surface area contributed by atoms with Crippen molar-refractivity contribution >= 4 is 30.1 Å². The summed E-state index contributed by atoms with van der Waals surface area (Å²) in [6.45, 7) is 5.33. The monoisotopic (exact) mass is 308 g/mol. The molecule has 1 saturated heterocycles. The number of carbonyl (C=O) groups excluding carboxylic acids is 1. The Labute approximate surface area is 126 Å². The lowest BCUT2D eigenvalue weighted by molar-refractivity contribution is -0.133. The average molecular weight is 309 g/mol. The maximum atomic E-state index is 12.0. The Bertz CT molecular complexity index is 309. The highest BCUT2D eigenvalue weighted by molar-refractivity contribution is 7.99. The lowest BCUT2D eigenvalue weighted by atomic mass is 9.64. The first-order valence-electron chi connectivity index (χ1n) is 6.67. The second kappa shape index (κ2) is 7.16. The van der Waals surface area contributed by atoms with Crippen LogP contribution in [0.2, 0.25) is 0 Å². The van der Waals surface area contributed by atoms with Gasteiger partial charge in [-0.05, 0) is 6.42 Å². The quantitative estimate of drug-likeness (QED) is 0.825. The Kier molecular flexibility index (Phi) is 6.43. The van der Waals surface area contributed by atoms with Crippen molar-refractivity contribution < 1.29 is 9.53 Å². The number of carbonyl (C=O) groups is 1. The van der Waals surface area contributed by atoms with Crippen molar-refractivity contribution in [3.63, 3.8) is 0 Å². The van der Waals surface area contributed by atoms with Gasteiger partial charge in [0.05, 0.1) is 6.10 Å². The van der Waals surface area contributed by atoms with Crippen LogP contribution >= 0.6 is 24.2 Å². The third-order valence-electron chi connectivity index (χ3n) is 4.23. The minimum absolute atomic E-state index is 0. The van der Waals surface area contributed by atoms with E-state index in [1.54, 1.807) is 7.11 Å². The molecular formula is C13H25ClN2O2S. The molecular weight excluding hydrogens is 284 g/mol. The number of methoxy groups -OCH3 is 1. The van der Waals surface area contributed by atoms with E-state index in [1.165, 1.54) is 0 Å². The van der Waals surface area contributed by atoms with E-state index in [0.29, 0.717) is 12.5 Å². The van der Waals surface area contributed by atoms with Crippen LogP contribution in [0.3, 0.4) is 0 Å². The topological polar surface area (TPSA) is 50.4 Å². The molecule has 3 unspecified atom stereocenters. The second-order valence-corrected chi connectivity index (χ2v) is 6.98. The minimum Gasteiger partial charge on any atom is -0.381 e. The fourth-order valence-corrected chi connectivity index (χ4v) is 3.71. The summed E-state index contributed by atoms with van der Waals surface area (Å²) in [4.78, 5) is 12.0. The molecule has 6 heteroatoms. The number of ether oxygens (including phenoxy) is 1. The molecule has 2 rings (SSSR count). The highest BCUT2D eigenvalue weighted by Crippen LogP contribution is 2.42. The van der Waals surface area contributed by atoms with Gasteiger partial charge in [-0.25, -0.2) is 0 Å². The van der Waals surface area contributed by atoms with Crippen LogP contribution < -0.4 is 10.6 Å². The van der Waals surface area contributed by atoms with E-state index in [0.717, 1.165) is 24.5 Å². The Hall–Kier alpha value is 0.0300. The highest BCUT2D eigenvalue weighted by atomic mass is 35.5. The van der Waals surface area contributed by atoms with Crippen LogP contribution in [-0.4, -0.2) is 49.3 Å². The minimum atomic E-state index is 0. The van der Waals surface area contributed by atoms with Gasteiger partial charge in [0, 0.05) is 49.1 Å². The van der Waals surface area contributed by atoms with Crippen molar-refractivity contribution in [1.29, 1.82) is 0 Å². The molecule has 1 amide bonds. The summed E-state index contributed by atoms with van der Waals surface area (Å²) < 4.78 is 5.40. The Morgan fingerprint density at radius 1 is 1.53 bits per heavy atom. The number of thioether (sulfide) groups is 1. The van der Waals surface area contributed by atoms with Crippen molar-refractivity contribution in [3.05, 3.63) is 0 Å². The van der Waals surface area contributed by atoms with Gasteiger partial charge in [-0.3, -0.25) is 4.79 Å². The lowest BCUT2D eigenvalue weighted by Gasteiger charge is -2.51. The second-order valence-electron chi connectivity index (χ2n) is 5.83. The van der Waals surface area contributed by atoms with E-state index >= 15 is 0 Å². The standard InChI is InChI=1S/C13H24N2O2S.ClH/c1-13(2)10(7-11(13)17-3)15-12(16)6-9-8-18-5-4-14-9;/h9-11,14H,4-8H2,1-3H3,(H,15,16);1H. The first-order valence-corrected chi connectivity index (χ1v) is 7.82. The smallest absolute Gasteiger partial charge is 0.221 e. The average Bonchev–Trinajstić information content (AvgIpc) is 2.35. The van der Waals surface area contributed by atoms with Gasteiger partial charge in [0.15, 0.2) is 0 Å². The first-order chi connectivity index (χ1) is 8.54. The van der Waals surface area contributed by atoms with Crippen LogP contribution in [0.15, 0.2) is 0 Å². The van der Waals surface area contributed by atoms with Gasteiger partial charge in [0.25, 0.3) is 0 Å². The molecule has 0 spiro atoms. The van der Waals surface area contributed by atoms with Crippen LogP contribution in [0.25, 0.3) is 0 Å². The molecule has 1 aliphatic heterocycles. The van der Waals surface area contributed by atoms with Crippen LogP contribution in [0.5, 0.6) is 0 Å². The maximum Gasteiger partial charge on any atom is 0.221 e. The zero-order valence-corrected chi connectivity index (χ0v) is 13.5. The van der Waals surface area contributed by atoms with Gasteiger partial charge in [-0.2, -0.15) is 11.8 Å². The van der Waals surface area contributed by atoms with E-state index in [-0.39, 0.29) is 35.9 Å². The molecule has 1 heterocycles. The van der Waals surface area contributed by atoms with Crippen LogP contribution in [0.4, 0.5) is 0 Å². The molecule has 3 atom stereocenters. The van der Waals surface area contributed by atoms with Crippen LogP contribution in [0.1, 0.15) is 26.7 Å². The Morgan fingerprint density at radius 3 is 2.79 bits per heavy atom. The number of hydrogen-bond acceptors (Lipinski definition) is 4. The zero-order chi connectivity index (χ0) is 13.2. The molecule has 0 aromatic heterocycles. The van der Waals surface area contributed by atoms with E-state index < -0.39 is 0 Å². The van der Waals surface area contributed by atoms with Gasteiger partial charge in [0.2, 0.25) is 5.91 Å². The molecule has 19 heavy (non-hydrogen) atoms. The normalized spacial score (nSPS) is 32.9. The molecule has 0 aromatic carbocycles. The van der Waals surface area contributed by atoms with E-state index in [9.17, 15) is 4.79 Å². The van der Waals surface area contributed by atoms with Crippen molar-refractivity contribution in [2.75, 3.05) is 25.2 Å². The van der Waals surface area contributed by atoms with Crippen molar-refractivity contribution in [3.8, 4) is 0 Å². The summed E-state index contributed by atoms with van der Waals surface area (Å²) in [5.41, 5.74) is 0.0547. The molecule has 0 aromatic rings. The number of amides is 1. The number of halogens is 1. The van der Waals surface area contributed by atoms with E-state index in [2.05, 4.69) is 24.5 Å². The summed E-state index contributed by atoms with van der Waals surface area (Å²) in [5, 5.41) is 6.54. The molecule has 0 bridgehead atoms. The molecule has 1 saturated carbocycles. The van der Waals surface area contributed by atoms with Crippen molar-refractivity contribution in [2.24, 2.45) is 5.41 Å². The molecule has 2 fully saturated rings. The van der Waals surface area contributed by atoms with Crippen LogP contribution in [-0.2, 0) is 9.53 Å². The molecule has 2 aliphatic rings. The molecule has 4 nitrogen and oxygen atoms in total. The van der Waals surface area contributed by atoms with Gasteiger partial charge in [0.1, 0.15) is 0 Å². The van der Waals surface area contributed by atoms with Gasteiger partial charge < -0.3 is 15.4 Å². The summed E-state index contributed by atoms with van der Waals surface area (Å²) >= 11 is 1.92. The third kappa shape index (κ3) is 4.00. The molecule has 2 N–H and O–H groups in total. The SMILES string of the molecule is COC1CC(NC(=O)CC2CSCCN2)C1(C)C.Cl. The fourth-order valence-electron chi connectivity index (χ4n) is 2.76. The predicted octanol–water partition coefficient (Wildman–Crippen LogP) is 1.43. The summed E-state index contributed by atoms with van der Waals surface area (Å²) in [7, 11) is 1.74. The Balaban J connectivity index is 0.00000180. The number of hydrogen-bond donors (Lipinski definition) is 2. The largest absolute Gasteiger partial charge is 0.381 e. The summed E-state index contributed by atoms with van der Waals surface area (Å²) in [5.74, 6) is 2.37. The van der Waals surface area contributed by atoms with Gasteiger partial charge >= 0.3 is 0 Å². The van der Waals surface area contributed by atoms with E-state index in [1.807, 2.05) is 11.8 Å². The lowest BCUT2D eigenvalue weighted by Crippen LogP contribution is -2.62. The van der Waals surface area contributed by atoms with E-state index in [4.69, 9.17) is 4.74 Å². The molecule has 0 radical (unpaired) electrons. The zero-order valence-electron chi connectivity index (χ0n) is 11.9. The maximum absolute atomic E-state index is 12.0. The third-order valence-corrected chi connectivity index (χ3v) is 5.36. The summed E-state index contributed by atoms with van der Waals surface area (Å²) in [6, 6.07) is 0.594. The number of rotatable bonds is 4. The van der Waals surface area contributed by atoms with Gasteiger partial charge in [-0.15, -0.1) is 12.4 Å². The van der Waals surface area contributed by atoms with Crippen molar-refractivity contribution in [2.45, 2.75) is 44.9 Å².